The number of hydrogen-bond acceptors (Lipinski definition) is 6. The van der Waals surface area contributed by atoms with Crippen LogP contribution in [0.15, 0.2) is 0 Å². The van der Waals surface area contributed by atoms with Gasteiger partial charge in [0.1, 0.15) is 11.2 Å². The molecule has 2 fully saturated rings. The van der Waals surface area contributed by atoms with E-state index in [0.29, 0.717) is 11.8 Å². The van der Waals surface area contributed by atoms with E-state index in [0.717, 1.165) is 26.2 Å². The monoisotopic (exact) mass is 442 g/mol. The lowest BCUT2D eigenvalue weighted by molar-refractivity contribution is 0.0439. The van der Waals surface area contributed by atoms with E-state index in [9.17, 15) is 9.59 Å². The van der Waals surface area contributed by atoms with E-state index in [4.69, 9.17) is 9.47 Å². The maximum atomic E-state index is 11.7. The van der Waals surface area contributed by atoms with Crippen molar-refractivity contribution in [3.63, 3.8) is 0 Å². The highest BCUT2D eigenvalue weighted by molar-refractivity contribution is 5.69. The van der Waals surface area contributed by atoms with Gasteiger partial charge in [-0.15, -0.1) is 0 Å². The number of hydrogen-bond donors (Lipinski definition) is 3. The molecule has 2 rings (SSSR count). The van der Waals surface area contributed by atoms with Crippen molar-refractivity contribution in [2.45, 2.75) is 91.5 Å². The Morgan fingerprint density at radius 1 is 0.903 bits per heavy atom. The van der Waals surface area contributed by atoms with Gasteiger partial charge in [-0.25, -0.2) is 9.59 Å². The predicted molar refractivity (Wildman–Crippen MR) is 124 cm³/mol. The van der Waals surface area contributed by atoms with Crippen molar-refractivity contribution in [1.29, 1.82) is 0 Å². The van der Waals surface area contributed by atoms with Gasteiger partial charge in [0.2, 0.25) is 0 Å². The standard InChI is InChI=1S/C12H24N2O2.C11H22N2O2/c1-9-7-14(6)8-12(9,5)13-10(15)16-11(2,3)4;1-8-6-12-7-11(8,5)13-9(14)15-10(2,3)4/h9H,7-8H2,1-6H3,(H,13,15);8,12H,6-7H2,1-5H3,(H,13,14). The molecule has 0 radical (unpaired) electrons. The van der Waals surface area contributed by atoms with E-state index >= 15 is 0 Å². The normalized spacial score (nSPS) is 31.5. The molecule has 2 aliphatic heterocycles. The first-order valence-electron chi connectivity index (χ1n) is 11.3. The zero-order valence-electron chi connectivity index (χ0n) is 21.6. The highest BCUT2D eigenvalue weighted by Crippen LogP contribution is 2.26. The number of carbonyl (C=O) groups excluding carboxylic acids is 2. The van der Waals surface area contributed by atoms with Crippen molar-refractivity contribution < 1.29 is 19.1 Å². The van der Waals surface area contributed by atoms with Crippen LogP contribution in [0.4, 0.5) is 9.59 Å². The molecular formula is C23H46N4O4. The van der Waals surface area contributed by atoms with Gasteiger partial charge in [-0.2, -0.15) is 0 Å². The number of nitrogens with zero attached hydrogens (tertiary/aromatic N) is 1. The highest BCUT2D eigenvalue weighted by atomic mass is 16.6. The van der Waals surface area contributed by atoms with Gasteiger partial charge in [-0.1, -0.05) is 13.8 Å². The fourth-order valence-corrected chi connectivity index (χ4v) is 3.80. The average Bonchev–Trinajstić information content (AvgIpc) is 2.94. The van der Waals surface area contributed by atoms with E-state index in [2.05, 4.69) is 48.7 Å². The molecule has 2 amide bonds. The fourth-order valence-electron chi connectivity index (χ4n) is 3.80. The minimum atomic E-state index is -0.436. The number of nitrogens with one attached hydrogen (secondary N) is 3. The molecular weight excluding hydrogens is 396 g/mol. The Kier molecular flexibility index (Phi) is 8.82. The van der Waals surface area contributed by atoms with Crippen molar-refractivity contribution in [2.24, 2.45) is 11.8 Å². The molecule has 182 valence electrons. The Morgan fingerprint density at radius 2 is 1.35 bits per heavy atom. The summed E-state index contributed by atoms with van der Waals surface area (Å²) in [5, 5.41) is 9.19. The molecule has 8 nitrogen and oxygen atoms in total. The Hall–Kier alpha value is -1.54. The van der Waals surface area contributed by atoms with E-state index in [-0.39, 0.29) is 23.3 Å². The Labute approximate surface area is 189 Å². The third kappa shape index (κ3) is 9.23. The van der Waals surface area contributed by atoms with Crippen molar-refractivity contribution in [1.82, 2.24) is 20.9 Å². The molecule has 2 aliphatic rings. The third-order valence-electron chi connectivity index (χ3n) is 5.87. The second-order valence-electron chi connectivity index (χ2n) is 11.7. The minimum Gasteiger partial charge on any atom is -0.444 e. The molecule has 0 aliphatic carbocycles. The summed E-state index contributed by atoms with van der Waals surface area (Å²) in [6.45, 7) is 23.2. The third-order valence-corrected chi connectivity index (χ3v) is 5.87. The molecule has 3 N–H and O–H groups in total. The summed E-state index contributed by atoms with van der Waals surface area (Å²) in [4.78, 5) is 25.5. The van der Waals surface area contributed by atoms with Crippen LogP contribution in [-0.2, 0) is 9.47 Å². The van der Waals surface area contributed by atoms with Crippen LogP contribution in [0.25, 0.3) is 0 Å². The Morgan fingerprint density at radius 3 is 1.68 bits per heavy atom. The van der Waals surface area contributed by atoms with Gasteiger partial charge in [-0.05, 0) is 74.3 Å². The van der Waals surface area contributed by atoms with Crippen LogP contribution < -0.4 is 16.0 Å². The van der Waals surface area contributed by atoms with Gasteiger partial charge >= 0.3 is 12.2 Å². The summed E-state index contributed by atoms with van der Waals surface area (Å²) in [6, 6.07) is 0. The average molecular weight is 443 g/mol. The molecule has 8 heteroatoms. The maximum absolute atomic E-state index is 11.7. The lowest BCUT2D eigenvalue weighted by Crippen LogP contribution is -2.52. The lowest BCUT2D eigenvalue weighted by atomic mass is 9.91. The van der Waals surface area contributed by atoms with Crippen molar-refractivity contribution in [2.75, 3.05) is 33.2 Å². The van der Waals surface area contributed by atoms with E-state index in [1.54, 1.807) is 0 Å². The lowest BCUT2D eigenvalue weighted by Gasteiger charge is -2.31. The molecule has 0 aromatic heterocycles. The van der Waals surface area contributed by atoms with Crippen molar-refractivity contribution in [3.05, 3.63) is 0 Å². The van der Waals surface area contributed by atoms with E-state index < -0.39 is 11.2 Å². The fraction of sp³-hybridized carbons (Fsp3) is 0.913. The van der Waals surface area contributed by atoms with Crippen molar-refractivity contribution >= 4 is 12.2 Å². The molecule has 31 heavy (non-hydrogen) atoms. The quantitative estimate of drug-likeness (QED) is 0.607. The molecule has 0 saturated carbocycles. The molecule has 0 bridgehead atoms. The van der Waals surface area contributed by atoms with E-state index in [1.807, 2.05) is 48.5 Å². The largest absolute Gasteiger partial charge is 0.444 e. The van der Waals surface area contributed by atoms with Gasteiger partial charge in [-0.3, -0.25) is 0 Å². The number of ether oxygens (including phenoxy) is 2. The molecule has 4 unspecified atom stereocenters. The predicted octanol–water partition coefficient (Wildman–Crippen LogP) is 3.36. The molecule has 0 aromatic carbocycles. The Balaban J connectivity index is 0.000000311. The van der Waals surface area contributed by atoms with Crippen LogP contribution in [0.1, 0.15) is 69.2 Å². The molecule has 2 saturated heterocycles. The first-order chi connectivity index (χ1) is 13.9. The topological polar surface area (TPSA) is 91.9 Å². The summed E-state index contributed by atoms with van der Waals surface area (Å²) in [6.07, 6.45) is -0.655. The highest BCUT2D eigenvalue weighted by Gasteiger charge is 2.41. The second kappa shape index (κ2) is 9.94. The number of likely N-dealkylation sites (N-methyl/N-ethyl adjacent to an activating group) is 1. The maximum Gasteiger partial charge on any atom is 0.408 e. The molecule has 0 aromatic rings. The van der Waals surface area contributed by atoms with Gasteiger partial charge in [0.15, 0.2) is 0 Å². The first kappa shape index (κ1) is 27.5. The number of carbonyl (C=O) groups is 2. The zero-order chi connectivity index (χ0) is 24.3. The molecule has 4 atom stereocenters. The van der Waals surface area contributed by atoms with Gasteiger partial charge in [0, 0.05) is 26.2 Å². The van der Waals surface area contributed by atoms with Crippen LogP contribution in [0.3, 0.4) is 0 Å². The number of rotatable bonds is 2. The zero-order valence-corrected chi connectivity index (χ0v) is 21.6. The smallest absolute Gasteiger partial charge is 0.408 e. The number of likely N-dealkylation sites (tertiary alicyclic amines) is 1. The van der Waals surface area contributed by atoms with E-state index in [1.165, 1.54) is 0 Å². The molecule has 0 spiro atoms. The van der Waals surface area contributed by atoms with Crippen LogP contribution >= 0.6 is 0 Å². The van der Waals surface area contributed by atoms with Crippen LogP contribution in [0.5, 0.6) is 0 Å². The number of amides is 2. The second-order valence-corrected chi connectivity index (χ2v) is 11.7. The summed E-state index contributed by atoms with van der Waals surface area (Å²) < 4.78 is 10.5. The van der Waals surface area contributed by atoms with Crippen LogP contribution in [-0.4, -0.2) is 72.6 Å². The van der Waals surface area contributed by atoms with Gasteiger partial charge in [0.25, 0.3) is 0 Å². The van der Waals surface area contributed by atoms with Crippen LogP contribution in [0.2, 0.25) is 0 Å². The van der Waals surface area contributed by atoms with Crippen LogP contribution in [0, 0.1) is 11.8 Å². The summed E-state index contributed by atoms with van der Waals surface area (Å²) in [7, 11) is 2.07. The SMILES string of the molecule is CC1CN(C)CC1(C)NC(=O)OC(C)(C)C.CC1CNCC1(C)NC(=O)OC(C)(C)C. The minimum absolute atomic E-state index is 0.183. The summed E-state index contributed by atoms with van der Waals surface area (Å²) in [5.74, 6) is 0.857. The van der Waals surface area contributed by atoms with Gasteiger partial charge in [0.05, 0.1) is 11.1 Å². The van der Waals surface area contributed by atoms with Gasteiger partial charge < -0.3 is 30.3 Å². The summed E-state index contributed by atoms with van der Waals surface area (Å²) >= 11 is 0. The summed E-state index contributed by atoms with van der Waals surface area (Å²) in [5.41, 5.74) is -1.25. The Bertz CT molecular complexity index is 628. The number of alkyl carbamates (subject to hydrolysis) is 2. The first-order valence-corrected chi connectivity index (χ1v) is 11.3. The molecule has 2 heterocycles. The van der Waals surface area contributed by atoms with Crippen molar-refractivity contribution in [3.8, 4) is 0 Å².